The third kappa shape index (κ3) is 3.67. The maximum Gasteiger partial charge on any atom is 0.416 e. The summed E-state index contributed by atoms with van der Waals surface area (Å²) < 4.78 is 41.6. The maximum absolute atomic E-state index is 13.0. The third-order valence-electron chi connectivity index (χ3n) is 4.37. The fourth-order valence-corrected chi connectivity index (χ4v) is 3.73. The average molecular weight is 419 g/mol. The van der Waals surface area contributed by atoms with Crippen molar-refractivity contribution < 1.29 is 13.2 Å². The fraction of sp³-hybridized carbons (Fsp3) is 0.263. The van der Waals surface area contributed by atoms with Crippen molar-refractivity contribution >= 4 is 22.4 Å². The van der Waals surface area contributed by atoms with E-state index in [0.29, 0.717) is 5.92 Å². The summed E-state index contributed by atoms with van der Waals surface area (Å²) in [6, 6.07) is 4.73. The molecular formula is C19H16F3N5OS. The minimum atomic E-state index is -4.47. The smallest absolute Gasteiger partial charge is 0.292 e. The fourth-order valence-electron chi connectivity index (χ4n) is 2.90. The second kappa shape index (κ2) is 7.11. The number of alkyl halides is 3. The highest BCUT2D eigenvalue weighted by atomic mass is 32.1. The Morgan fingerprint density at radius 2 is 2.03 bits per heavy atom. The Bertz CT molecular complexity index is 1240. The van der Waals surface area contributed by atoms with Crippen molar-refractivity contribution in [3.05, 3.63) is 68.8 Å². The first-order chi connectivity index (χ1) is 13.7. The Balaban J connectivity index is 1.72. The molecular weight excluding hydrogens is 403 g/mol. The van der Waals surface area contributed by atoms with Crippen molar-refractivity contribution in [1.82, 2.24) is 24.3 Å². The van der Waals surface area contributed by atoms with Gasteiger partial charge in [0.25, 0.3) is 5.56 Å². The van der Waals surface area contributed by atoms with Gasteiger partial charge in [-0.1, -0.05) is 19.9 Å². The Hall–Kier alpha value is -3.01. The topological polar surface area (TPSA) is 65.6 Å². The SMILES string of the molecule is CC(C)c1nc(Cn2cnc3c(cnn3-c3cccc(C(F)(F)F)c3)c2=O)cs1. The van der Waals surface area contributed by atoms with E-state index in [4.69, 9.17) is 0 Å². The summed E-state index contributed by atoms with van der Waals surface area (Å²) in [5.41, 5.74) is 0.0169. The van der Waals surface area contributed by atoms with Gasteiger partial charge in [0.05, 0.1) is 34.7 Å². The molecule has 10 heteroatoms. The number of rotatable bonds is 4. The minimum Gasteiger partial charge on any atom is -0.292 e. The van der Waals surface area contributed by atoms with E-state index in [1.807, 2.05) is 19.2 Å². The molecule has 0 fully saturated rings. The van der Waals surface area contributed by atoms with E-state index >= 15 is 0 Å². The van der Waals surface area contributed by atoms with E-state index in [-0.39, 0.29) is 28.8 Å². The van der Waals surface area contributed by atoms with Gasteiger partial charge in [0.1, 0.15) is 11.7 Å². The predicted molar refractivity (Wildman–Crippen MR) is 103 cm³/mol. The summed E-state index contributed by atoms with van der Waals surface area (Å²) in [5, 5.41) is 7.20. The van der Waals surface area contributed by atoms with E-state index in [0.717, 1.165) is 22.8 Å². The lowest BCUT2D eigenvalue weighted by molar-refractivity contribution is -0.137. The van der Waals surface area contributed by atoms with Gasteiger partial charge in [-0.2, -0.15) is 18.3 Å². The van der Waals surface area contributed by atoms with E-state index < -0.39 is 11.7 Å². The van der Waals surface area contributed by atoms with Crippen LogP contribution in [0.4, 0.5) is 13.2 Å². The lowest BCUT2D eigenvalue weighted by Gasteiger charge is -2.09. The molecule has 0 bridgehead atoms. The maximum atomic E-state index is 13.0. The van der Waals surface area contributed by atoms with Crippen LogP contribution in [0.5, 0.6) is 0 Å². The van der Waals surface area contributed by atoms with Gasteiger partial charge in [-0.15, -0.1) is 11.3 Å². The number of thiazole rings is 1. The van der Waals surface area contributed by atoms with Crippen LogP contribution < -0.4 is 5.56 Å². The Labute approximate surface area is 167 Å². The molecule has 0 saturated carbocycles. The van der Waals surface area contributed by atoms with Crippen LogP contribution in [0.15, 0.2) is 47.0 Å². The van der Waals surface area contributed by atoms with Gasteiger partial charge in [-0.05, 0) is 18.2 Å². The number of nitrogens with zero attached hydrogens (tertiary/aromatic N) is 5. The molecule has 0 atom stereocenters. The molecule has 0 aliphatic rings. The number of halogens is 3. The van der Waals surface area contributed by atoms with Crippen molar-refractivity contribution in [3.63, 3.8) is 0 Å². The molecule has 3 heterocycles. The number of aromatic nitrogens is 5. The highest BCUT2D eigenvalue weighted by Gasteiger charge is 2.30. The number of fused-ring (bicyclic) bond motifs is 1. The monoisotopic (exact) mass is 419 g/mol. The van der Waals surface area contributed by atoms with Crippen LogP contribution in [0.2, 0.25) is 0 Å². The third-order valence-corrected chi connectivity index (χ3v) is 5.56. The molecule has 0 aliphatic heterocycles. The van der Waals surface area contributed by atoms with E-state index in [1.165, 1.54) is 45.2 Å². The summed E-state index contributed by atoms with van der Waals surface area (Å²) in [7, 11) is 0. The van der Waals surface area contributed by atoms with Crippen molar-refractivity contribution in [1.29, 1.82) is 0 Å². The predicted octanol–water partition coefficient (Wildman–Crippen LogP) is 4.23. The molecule has 0 radical (unpaired) electrons. The van der Waals surface area contributed by atoms with Gasteiger partial charge < -0.3 is 0 Å². The molecule has 0 N–H and O–H groups in total. The Kier molecular flexibility index (Phi) is 4.73. The van der Waals surface area contributed by atoms with Crippen LogP contribution in [0.3, 0.4) is 0 Å². The van der Waals surface area contributed by atoms with Crippen LogP contribution in [-0.2, 0) is 12.7 Å². The molecule has 1 aromatic carbocycles. The van der Waals surface area contributed by atoms with E-state index in [1.54, 1.807) is 0 Å². The van der Waals surface area contributed by atoms with Crippen LogP contribution >= 0.6 is 11.3 Å². The molecule has 3 aromatic heterocycles. The molecule has 6 nitrogen and oxygen atoms in total. The molecule has 150 valence electrons. The Morgan fingerprint density at radius 1 is 1.24 bits per heavy atom. The highest BCUT2D eigenvalue weighted by Crippen LogP contribution is 2.30. The van der Waals surface area contributed by atoms with Gasteiger partial charge in [0.15, 0.2) is 5.65 Å². The summed E-state index contributed by atoms with van der Waals surface area (Å²) >= 11 is 1.54. The van der Waals surface area contributed by atoms with Crippen molar-refractivity contribution in [2.24, 2.45) is 0 Å². The zero-order valence-electron chi connectivity index (χ0n) is 15.5. The largest absolute Gasteiger partial charge is 0.416 e. The number of hydrogen-bond donors (Lipinski definition) is 0. The molecule has 29 heavy (non-hydrogen) atoms. The lowest BCUT2D eigenvalue weighted by atomic mass is 10.2. The Morgan fingerprint density at radius 3 is 2.72 bits per heavy atom. The van der Waals surface area contributed by atoms with Crippen molar-refractivity contribution in [2.45, 2.75) is 32.5 Å². The second-order valence-electron chi connectivity index (χ2n) is 6.85. The van der Waals surface area contributed by atoms with Gasteiger partial charge in [-0.25, -0.2) is 14.6 Å². The molecule has 0 spiro atoms. The molecule has 0 saturated heterocycles. The van der Waals surface area contributed by atoms with Gasteiger partial charge in [0.2, 0.25) is 0 Å². The molecule has 0 unspecified atom stereocenters. The van der Waals surface area contributed by atoms with Gasteiger partial charge in [-0.3, -0.25) is 9.36 Å². The number of hydrogen-bond acceptors (Lipinski definition) is 5. The number of benzene rings is 1. The zero-order chi connectivity index (χ0) is 20.8. The van der Waals surface area contributed by atoms with Gasteiger partial charge in [0, 0.05) is 11.3 Å². The molecule has 0 aliphatic carbocycles. The first kappa shape index (κ1) is 19.3. The van der Waals surface area contributed by atoms with Crippen LogP contribution in [-0.4, -0.2) is 24.3 Å². The van der Waals surface area contributed by atoms with Crippen LogP contribution in [0.25, 0.3) is 16.7 Å². The summed E-state index contributed by atoms with van der Waals surface area (Å²) in [6.45, 7) is 4.36. The second-order valence-corrected chi connectivity index (χ2v) is 7.74. The first-order valence-corrected chi connectivity index (χ1v) is 9.67. The molecule has 4 rings (SSSR count). The quantitative estimate of drug-likeness (QED) is 0.497. The van der Waals surface area contributed by atoms with Crippen molar-refractivity contribution in [3.8, 4) is 5.69 Å². The standard InChI is InChI=1S/C19H16F3N5OS/c1-11(2)17-25-13(9-29-17)8-26-10-23-16-15(18(26)28)7-24-27(16)14-5-3-4-12(6-14)19(20,21)22/h3-7,9-11H,8H2,1-2H3. The minimum absolute atomic E-state index is 0.181. The van der Waals surface area contributed by atoms with Crippen molar-refractivity contribution in [2.75, 3.05) is 0 Å². The first-order valence-electron chi connectivity index (χ1n) is 8.79. The summed E-state index contributed by atoms with van der Waals surface area (Å²) in [5.74, 6) is 0.303. The summed E-state index contributed by atoms with van der Waals surface area (Å²) in [6.07, 6.45) is -1.78. The van der Waals surface area contributed by atoms with E-state index in [2.05, 4.69) is 15.1 Å². The normalized spacial score (nSPS) is 12.2. The van der Waals surface area contributed by atoms with Gasteiger partial charge >= 0.3 is 6.18 Å². The molecule has 4 aromatic rings. The summed E-state index contributed by atoms with van der Waals surface area (Å²) in [4.78, 5) is 21.6. The average Bonchev–Trinajstić information content (AvgIpc) is 3.31. The van der Waals surface area contributed by atoms with Crippen LogP contribution in [0, 0.1) is 0 Å². The lowest BCUT2D eigenvalue weighted by Crippen LogP contribution is -2.21. The zero-order valence-corrected chi connectivity index (χ0v) is 16.3. The molecule has 0 amide bonds. The van der Waals surface area contributed by atoms with Crippen LogP contribution in [0.1, 0.15) is 36.0 Å². The highest BCUT2D eigenvalue weighted by molar-refractivity contribution is 7.09. The van der Waals surface area contributed by atoms with E-state index in [9.17, 15) is 18.0 Å².